The molecule has 1 fully saturated rings. The van der Waals surface area contributed by atoms with Crippen LogP contribution in [0.5, 0.6) is 0 Å². The van der Waals surface area contributed by atoms with Gasteiger partial charge in [-0.2, -0.15) is 0 Å². The molecule has 1 atom stereocenters. The van der Waals surface area contributed by atoms with Crippen LogP contribution >= 0.6 is 0 Å². The molecular formula is C13H25NO2. The van der Waals surface area contributed by atoms with Gasteiger partial charge in [-0.15, -0.1) is 0 Å². The molecule has 0 aromatic heterocycles. The summed E-state index contributed by atoms with van der Waals surface area (Å²) in [5, 5.41) is 0. The third-order valence-electron chi connectivity index (χ3n) is 3.26. The molecule has 3 heteroatoms. The molecule has 0 aromatic carbocycles. The number of rotatable bonds is 3. The van der Waals surface area contributed by atoms with Crippen LogP contribution in [0.2, 0.25) is 0 Å². The van der Waals surface area contributed by atoms with Gasteiger partial charge in [0, 0.05) is 6.04 Å². The fourth-order valence-corrected chi connectivity index (χ4v) is 2.18. The summed E-state index contributed by atoms with van der Waals surface area (Å²) in [5.41, 5.74) is -0.387. The van der Waals surface area contributed by atoms with Crippen LogP contribution in [0.4, 0.5) is 0 Å². The molecule has 0 N–H and O–H groups in total. The number of ether oxygens (including phenoxy) is 1. The summed E-state index contributed by atoms with van der Waals surface area (Å²) < 4.78 is 5.40. The van der Waals surface area contributed by atoms with Gasteiger partial charge in [0.25, 0.3) is 0 Å². The summed E-state index contributed by atoms with van der Waals surface area (Å²) in [7, 11) is 2.03. The van der Waals surface area contributed by atoms with Crippen molar-refractivity contribution in [3.05, 3.63) is 0 Å². The minimum absolute atomic E-state index is 0.109. The summed E-state index contributed by atoms with van der Waals surface area (Å²) in [6.07, 6.45) is 5.00. The summed E-state index contributed by atoms with van der Waals surface area (Å²) >= 11 is 0. The van der Waals surface area contributed by atoms with Crippen molar-refractivity contribution in [2.75, 3.05) is 7.05 Å². The molecule has 0 saturated heterocycles. The van der Waals surface area contributed by atoms with Crippen LogP contribution < -0.4 is 0 Å². The Balaban J connectivity index is 2.49. The fourth-order valence-electron chi connectivity index (χ4n) is 2.18. The third-order valence-corrected chi connectivity index (χ3v) is 3.26. The standard InChI is InChI=1S/C13H25NO2/c1-10(12(15)16-13(2,3)4)14(5)11-8-6-7-9-11/h10-11H,6-9H2,1-5H3. The molecular weight excluding hydrogens is 202 g/mol. The van der Waals surface area contributed by atoms with E-state index in [0.29, 0.717) is 6.04 Å². The van der Waals surface area contributed by atoms with Gasteiger partial charge in [0.15, 0.2) is 0 Å². The zero-order valence-electron chi connectivity index (χ0n) is 11.2. The van der Waals surface area contributed by atoms with Crippen LogP contribution in [0.1, 0.15) is 53.4 Å². The van der Waals surface area contributed by atoms with Crippen molar-refractivity contribution in [2.24, 2.45) is 0 Å². The van der Waals surface area contributed by atoms with Crippen molar-refractivity contribution in [3.63, 3.8) is 0 Å². The van der Waals surface area contributed by atoms with Gasteiger partial charge >= 0.3 is 5.97 Å². The molecule has 0 heterocycles. The molecule has 0 aliphatic heterocycles. The van der Waals surface area contributed by atoms with Crippen molar-refractivity contribution < 1.29 is 9.53 Å². The summed E-state index contributed by atoms with van der Waals surface area (Å²) in [4.78, 5) is 14.1. The van der Waals surface area contributed by atoms with E-state index in [-0.39, 0.29) is 17.6 Å². The zero-order valence-corrected chi connectivity index (χ0v) is 11.2. The van der Waals surface area contributed by atoms with Crippen LogP contribution in [0.25, 0.3) is 0 Å². The van der Waals surface area contributed by atoms with Crippen molar-refractivity contribution >= 4 is 5.97 Å². The molecule has 0 bridgehead atoms. The first-order valence-electron chi connectivity index (χ1n) is 6.26. The van der Waals surface area contributed by atoms with E-state index in [1.54, 1.807) is 0 Å². The maximum Gasteiger partial charge on any atom is 0.323 e. The minimum atomic E-state index is -0.387. The molecule has 94 valence electrons. The SMILES string of the molecule is CC(C(=O)OC(C)(C)C)N(C)C1CCCC1. The third kappa shape index (κ3) is 3.78. The maximum atomic E-state index is 11.9. The summed E-state index contributed by atoms with van der Waals surface area (Å²) in [6, 6.07) is 0.421. The number of likely N-dealkylation sites (N-methyl/N-ethyl adjacent to an activating group) is 1. The average molecular weight is 227 g/mol. The van der Waals surface area contributed by atoms with Crippen LogP contribution in [0.3, 0.4) is 0 Å². The Hall–Kier alpha value is -0.570. The van der Waals surface area contributed by atoms with E-state index in [1.165, 1.54) is 25.7 Å². The van der Waals surface area contributed by atoms with E-state index in [0.717, 1.165) is 0 Å². The van der Waals surface area contributed by atoms with Gasteiger partial charge in [-0.05, 0) is 47.6 Å². The van der Waals surface area contributed by atoms with Gasteiger partial charge in [0.05, 0.1) is 0 Å². The number of hydrogen-bond donors (Lipinski definition) is 0. The molecule has 1 saturated carbocycles. The highest BCUT2D eigenvalue weighted by Gasteiger charge is 2.29. The molecule has 1 aliphatic carbocycles. The lowest BCUT2D eigenvalue weighted by Gasteiger charge is -2.31. The van der Waals surface area contributed by atoms with Gasteiger partial charge in [-0.1, -0.05) is 12.8 Å². The first-order valence-corrected chi connectivity index (χ1v) is 6.26. The average Bonchev–Trinajstić information content (AvgIpc) is 2.65. The van der Waals surface area contributed by atoms with E-state index in [4.69, 9.17) is 4.74 Å². The predicted molar refractivity (Wildman–Crippen MR) is 65.3 cm³/mol. The Morgan fingerprint density at radius 3 is 2.25 bits per heavy atom. The van der Waals surface area contributed by atoms with Gasteiger partial charge in [-0.25, -0.2) is 0 Å². The van der Waals surface area contributed by atoms with Gasteiger partial charge in [-0.3, -0.25) is 9.69 Å². The normalized spacial score (nSPS) is 20.1. The van der Waals surface area contributed by atoms with E-state index in [9.17, 15) is 4.79 Å². The molecule has 0 spiro atoms. The van der Waals surface area contributed by atoms with Crippen LogP contribution in [-0.2, 0) is 9.53 Å². The lowest BCUT2D eigenvalue weighted by atomic mass is 10.1. The Morgan fingerprint density at radius 1 is 1.31 bits per heavy atom. The second kappa shape index (κ2) is 5.17. The number of hydrogen-bond acceptors (Lipinski definition) is 3. The van der Waals surface area contributed by atoms with Gasteiger partial charge in [0.2, 0.25) is 0 Å². The van der Waals surface area contributed by atoms with E-state index in [2.05, 4.69) is 4.90 Å². The summed E-state index contributed by atoms with van der Waals surface area (Å²) in [6.45, 7) is 7.67. The van der Waals surface area contributed by atoms with E-state index < -0.39 is 0 Å². The quantitative estimate of drug-likeness (QED) is 0.694. The molecule has 0 radical (unpaired) electrons. The first kappa shape index (κ1) is 13.5. The molecule has 3 nitrogen and oxygen atoms in total. The molecule has 0 amide bonds. The summed E-state index contributed by atoms with van der Waals surface area (Å²) in [5.74, 6) is -0.109. The predicted octanol–water partition coefficient (Wildman–Crippen LogP) is 2.59. The van der Waals surface area contributed by atoms with Crippen molar-refractivity contribution in [1.82, 2.24) is 4.90 Å². The molecule has 16 heavy (non-hydrogen) atoms. The largest absolute Gasteiger partial charge is 0.459 e. The van der Waals surface area contributed by atoms with Crippen molar-refractivity contribution in [3.8, 4) is 0 Å². The molecule has 1 unspecified atom stereocenters. The fraction of sp³-hybridized carbons (Fsp3) is 0.923. The Bertz CT molecular complexity index is 239. The van der Waals surface area contributed by atoms with Gasteiger partial charge in [0.1, 0.15) is 11.6 Å². The highest BCUT2D eigenvalue weighted by atomic mass is 16.6. The lowest BCUT2D eigenvalue weighted by Crippen LogP contribution is -2.44. The minimum Gasteiger partial charge on any atom is -0.459 e. The number of nitrogens with zero attached hydrogens (tertiary/aromatic N) is 1. The monoisotopic (exact) mass is 227 g/mol. The number of carbonyl (C=O) groups excluding carboxylic acids is 1. The Kier molecular flexibility index (Phi) is 4.36. The first-order chi connectivity index (χ1) is 7.31. The smallest absolute Gasteiger partial charge is 0.323 e. The molecule has 0 aromatic rings. The van der Waals surface area contributed by atoms with Crippen LogP contribution in [0, 0.1) is 0 Å². The highest BCUT2D eigenvalue weighted by Crippen LogP contribution is 2.24. The van der Waals surface area contributed by atoms with E-state index >= 15 is 0 Å². The second-order valence-corrected chi connectivity index (χ2v) is 5.81. The van der Waals surface area contributed by atoms with Crippen LogP contribution in [-0.4, -0.2) is 35.6 Å². The topological polar surface area (TPSA) is 29.5 Å². The Morgan fingerprint density at radius 2 is 1.81 bits per heavy atom. The zero-order chi connectivity index (χ0) is 12.3. The van der Waals surface area contributed by atoms with Crippen molar-refractivity contribution in [1.29, 1.82) is 0 Å². The van der Waals surface area contributed by atoms with Crippen molar-refractivity contribution in [2.45, 2.75) is 71.1 Å². The lowest BCUT2D eigenvalue weighted by molar-refractivity contribution is -0.161. The van der Waals surface area contributed by atoms with Crippen LogP contribution in [0.15, 0.2) is 0 Å². The van der Waals surface area contributed by atoms with Gasteiger partial charge < -0.3 is 4.74 Å². The highest BCUT2D eigenvalue weighted by molar-refractivity contribution is 5.75. The number of carbonyl (C=O) groups is 1. The molecule has 1 aliphatic rings. The van der Waals surface area contributed by atoms with E-state index in [1.807, 2.05) is 34.7 Å². The second-order valence-electron chi connectivity index (χ2n) is 5.81. The Labute approximate surface area is 99.1 Å². The number of esters is 1. The maximum absolute atomic E-state index is 11.9. The molecule has 1 rings (SSSR count).